The van der Waals surface area contributed by atoms with E-state index in [1.54, 1.807) is 6.92 Å². The minimum absolute atomic E-state index is 0.0117. The number of benzene rings is 1. The first-order valence-electron chi connectivity index (χ1n) is 5.58. The molecule has 0 atom stereocenters. The van der Waals surface area contributed by atoms with Gasteiger partial charge in [0.05, 0.1) is 5.69 Å². The summed E-state index contributed by atoms with van der Waals surface area (Å²) in [5.41, 5.74) is 2.14. The number of aromatic nitrogens is 2. The Labute approximate surface area is 115 Å². The van der Waals surface area contributed by atoms with Crippen LogP contribution in [0.25, 0.3) is 0 Å². The first-order chi connectivity index (χ1) is 8.97. The van der Waals surface area contributed by atoms with Crippen LogP contribution < -0.4 is 5.32 Å². The summed E-state index contributed by atoms with van der Waals surface area (Å²) in [6.45, 7) is 3.53. The molecular formula is C13H12ClN3O2. The van der Waals surface area contributed by atoms with Gasteiger partial charge in [-0.2, -0.15) is 4.98 Å². The van der Waals surface area contributed by atoms with Gasteiger partial charge in [0.2, 0.25) is 5.28 Å². The molecule has 1 aromatic heterocycles. The third kappa shape index (κ3) is 3.00. The van der Waals surface area contributed by atoms with Crippen LogP contribution >= 0.6 is 11.6 Å². The Morgan fingerprint density at radius 3 is 2.68 bits per heavy atom. The Balaban J connectivity index is 2.47. The molecule has 0 amide bonds. The number of carboxylic acid groups (broad SMARTS) is 1. The summed E-state index contributed by atoms with van der Waals surface area (Å²) >= 11 is 5.77. The number of aromatic carboxylic acids is 1. The molecule has 2 rings (SSSR count). The summed E-state index contributed by atoms with van der Waals surface area (Å²) in [5, 5.41) is 12.2. The zero-order valence-corrected chi connectivity index (χ0v) is 11.2. The van der Waals surface area contributed by atoms with E-state index in [9.17, 15) is 9.90 Å². The van der Waals surface area contributed by atoms with E-state index in [0.717, 1.165) is 11.3 Å². The highest BCUT2D eigenvalue weighted by molar-refractivity contribution is 6.28. The van der Waals surface area contributed by atoms with Crippen molar-refractivity contribution in [2.24, 2.45) is 0 Å². The number of nitrogens with zero attached hydrogens (tertiary/aromatic N) is 2. The maximum Gasteiger partial charge on any atom is 0.341 e. The van der Waals surface area contributed by atoms with Crippen LogP contribution in [0.5, 0.6) is 0 Å². The average molecular weight is 278 g/mol. The van der Waals surface area contributed by atoms with Crippen molar-refractivity contribution in [2.45, 2.75) is 13.8 Å². The van der Waals surface area contributed by atoms with Crippen LogP contribution in [0.4, 0.5) is 11.5 Å². The topological polar surface area (TPSA) is 75.1 Å². The second-order valence-corrected chi connectivity index (χ2v) is 4.44. The third-order valence-electron chi connectivity index (χ3n) is 2.56. The second-order valence-electron chi connectivity index (χ2n) is 4.10. The van der Waals surface area contributed by atoms with Gasteiger partial charge in [0.25, 0.3) is 0 Å². The average Bonchev–Trinajstić information content (AvgIpc) is 2.26. The standard InChI is InChI=1S/C13H12ClN3O2/c1-7-4-3-5-9(6-7)16-11-10(12(18)19)8(2)15-13(14)17-11/h3-6H,1-2H3,(H,18,19)(H,15,16,17). The van der Waals surface area contributed by atoms with E-state index < -0.39 is 5.97 Å². The number of hydrogen-bond donors (Lipinski definition) is 2. The molecule has 5 nitrogen and oxygen atoms in total. The van der Waals surface area contributed by atoms with Crippen LogP contribution in [-0.4, -0.2) is 21.0 Å². The Morgan fingerprint density at radius 2 is 2.05 bits per heavy atom. The number of rotatable bonds is 3. The number of halogens is 1. The van der Waals surface area contributed by atoms with Gasteiger partial charge in [-0.3, -0.25) is 0 Å². The maximum atomic E-state index is 11.2. The second kappa shape index (κ2) is 5.24. The quantitative estimate of drug-likeness (QED) is 0.843. The van der Waals surface area contributed by atoms with Crippen molar-refractivity contribution in [1.82, 2.24) is 9.97 Å². The van der Waals surface area contributed by atoms with Crippen LogP contribution in [0.1, 0.15) is 21.6 Å². The molecule has 2 aromatic rings. The number of anilines is 2. The molecule has 0 aliphatic carbocycles. The molecule has 2 N–H and O–H groups in total. The molecule has 6 heteroatoms. The smallest absolute Gasteiger partial charge is 0.341 e. The third-order valence-corrected chi connectivity index (χ3v) is 2.73. The van der Waals surface area contributed by atoms with Gasteiger partial charge in [-0.1, -0.05) is 12.1 Å². The first-order valence-corrected chi connectivity index (χ1v) is 5.96. The molecule has 19 heavy (non-hydrogen) atoms. The molecule has 0 aliphatic rings. The van der Waals surface area contributed by atoms with Crippen LogP contribution in [0.15, 0.2) is 24.3 Å². The molecule has 98 valence electrons. The number of hydrogen-bond acceptors (Lipinski definition) is 4. The van der Waals surface area contributed by atoms with E-state index >= 15 is 0 Å². The van der Waals surface area contributed by atoms with Crippen molar-refractivity contribution < 1.29 is 9.90 Å². The molecule has 0 saturated heterocycles. The number of carbonyl (C=O) groups is 1. The fraction of sp³-hybridized carbons (Fsp3) is 0.154. The molecule has 0 unspecified atom stereocenters. The van der Waals surface area contributed by atoms with Crippen molar-refractivity contribution in [1.29, 1.82) is 0 Å². The van der Waals surface area contributed by atoms with Gasteiger partial charge in [0, 0.05) is 5.69 Å². The first kappa shape index (κ1) is 13.3. The van der Waals surface area contributed by atoms with E-state index in [0.29, 0.717) is 5.69 Å². The van der Waals surface area contributed by atoms with Crippen molar-refractivity contribution in [3.8, 4) is 0 Å². The fourth-order valence-electron chi connectivity index (χ4n) is 1.74. The molecule has 0 saturated carbocycles. The molecule has 0 radical (unpaired) electrons. The van der Waals surface area contributed by atoms with Gasteiger partial charge < -0.3 is 10.4 Å². The van der Waals surface area contributed by atoms with E-state index in [2.05, 4.69) is 15.3 Å². The van der Waals surface area contributed by atoms with Gasteiger partial charge in [-0.15, -0.1) is 0 Å². The van der Waals surface area contributed by atoms with Crippen molar-refractivity contribution >= 4 is 29.1 Å². The molecule has 0 bridgehead atoms. The van der Waals surface area contributed by atoms with E-state index in [-0.39, 0.29) is 16.7 Å². The molecule has 0 aliphatic heterocycles. The SMILES string of the molecule is Cc1cccc(Nc2nc(Cl)nc(C)c2C(=O)O)c1. The molecule has 0 fully saturated rings. The van der Waals surface area contributed by atoms with Crippen LogP contribution in [0.3, 0.4) is 0 Å². The highest BCUT2D eigenvalue weighted by Gasteiger charge is 2.17. The van der Waals surface area contributed by atoms with Gasteiger partial charge in [-0.05, 0) is 43.1 Å². The summed E-state index contributed by atoms with van der Waals surface area (Å²) in [7, 11) is 0. The zero-order chi connectivity index (χ0) is 14.0. The molecule has 1 aromatic carbocycles. The Bertz CT molecular complexity index is 644. The van der Waals surface area contributed by atoms with Gasteiger partial charge in [0.1, 0.15) is 11.4 Å². The lowest BCUT2D eigenvalue weighted by Gasteiger charge is -2.11. The van der Waals surface area contributed by atoms with E-state index in [1.807, 2.05) is 31.2 Å². The summed E-state index contributed by atoms with van der Waals surface area (Å²) in [6, 6.07) is 7.52. The Morgan fingerprint density at radius 1 is 1.32 bits per heavy atom. The number of nitrogens with one attached hydrogen (secondary N) is 1. The largest absolute Gasteiger partial charge is 0.477 e. The number of carboxylic acids is 1. The number of aryl methyl sites for hydroxylation is 2. The summed E-state index contributed by atoms with van der Waals surface area (Å²) < 4.78 is 0. The van der Waals surface area contributed by atoms with Crippen LogP contribution in [-0.2, 0) is 0 Å². The minimum atomic E-state index is -1.09. The Kier molecular flexibility index (Phi) is 3.66. The predicted molar refractivity (Wildman–Crippen MR) is 73.2 cm³/mol. The lowest BCUT2D eigenvalue weighted by Crippen LogP contribution is -2.09. The molecular weight excluding hydrogens is 266 g/mol. The van der Waals surface area contributed by atoms with Gasteiger partial charge in [0.15, 0.2) is 0 Å². The zero-order valence-electron chi connectivity index (χ0n) is 10.4. The van der Waals surface area contributed by atoms with Crippen molar-refractivity contribution in [3.05, 3.63) is 46.4 Å². The van der Waals surface area contributed by atoms with Crippen LogP contribution in [0.2, 0.25) is 5.28 Å². The Hall–Kier alpha value is -2.14. The monoisotopic (exact) mass is 277 g/mol. The molecule has 1 heterocycles. The van der Waals surface area contributed by atoms with Gasteiger partial charge in [-0.25, -0.2) is 9.78 Å². The normalized spacial score (nSPS) is 10.3. The summed E-state index contributed by atoms with van der Waals surface area (Å²) in [4.78, 5) is 19.0. The lowest BCUT2D eigenvalue weighted by atomic mass is 10.2. The summed E-state index contributed by atoms with van der Waals surface area (Å²) in [6.07, 6.45) is 0. The lowest BCUT2D eigenvalue weighted by molar-refractivity contribution is 0.0696. The van der Waals surface area contributed by atoms with Crippen molar-refractivity contribution in [3.63, 3.8) is 0 Å². The minimum Gasteiger partial charge on any atom is -0.477 e. The predicted octanol–water partition coefficient (Wildman–Crippen LogP) is 3.19. The van der Waals surface area contributed by atoms with Gasteiger partial charge >= 0.3 is 5.97 Å². The van der Waals surface area contributed by atoms with Crippen LogP contribution in [0, 0.1) is 13.8 Å². The van der Waals surface area contributed by atoms with E-state index in [4.69, 9.17) is 11.6 Å². The summed E-state index contributed by atoms with van der Waals surface area (Å²) in [5.74, 6) is -0.903. The maximum absolute atomic E-state index is 11.2. The van der Waals surface area contributed by atoms with Crippen molar-refractivity contribution in [2.75, 3.05) is 5.32 Å². The highest BCUT2D eigenvalue weighted by Crippen LogP contribution is 2.23. The highest BCUT2D eigenvalue weighted by atomic mass is 35.5. The molecule has 0 spiro atoms. The fourth-order valence-corrected chi connectivity index (χ4v) is 1.96. The van der Waals surface area contributed by atoms with E-state index in [1.165, 1.54) is 0 Å².